The zero-order valence-electron chi connectivity index (χ0n) is 13.1. The number of tetrazole rings is 1. The third-order valence-electron chi connectivity index (χ3n) is 3.25. The smallest absolute Gasteiger partial charge is 0.234 e. The average molecular weight is 394 g/mol. The molecule has 3 rings (SSSR count). The molecule has 0 atom stereocenters. The van der Waals surface area contributed by atoms with E-state index in [0.29, 0.717) is 20.9 Å². The van der Waals surface area contributed by atoms with Gasteiger partial charge in [0.2, 0.25) is 11.1 Å². The zero-order chi connectivity index (χ0) is 17.8. The molecule has 1 amide bonds. The van der Waals surface area contributed by atoms with Crippen LogP contribution in [0.4, 0.5) is 5.69 Å². The molecule has 1 aromatic heterocycles. The molecule has 9 heteroatoms. The highest BCUT2D eigenvalue weighted by atomic mass is 35.5. The van der Waals surface area contributed by atoms with E-state index in [4.69, 9.17) is 23.2 Å². The quantitative estimate of drug-likeness (QED) is 0.662. The number of thioether (sulfide) groups is 1. The topological polar surface area (TPSA) is 72.7 Å². The van der Waals surface area contributed by atoms with Crippen molar-refractivity contribution in [2.24, 2.45) is 0 Å². The van der Waals surface area contributed by atoms with Gasteiger partial charge in [-0.1, -0.05) is 53.2 Å². The number of carbonyl (C=O) groups excluding carboxylic acids is 1. The molecule has 1 heterocycles. The van der Waals surface area contributed by atoms with E-state index in [2.05, 4.69) is 20.8 Å². The molecule has 3 aromatic rings. The number of carbonyl (C=O) groups is 1. The van der Waals surface area contributed by atoms with Gasteiger partial charge in [0.05, 0.1) is 27.2 Å². The Balaban J connectivity index is 1.67. The van der Waals surface area contributed by atoms with E-state index in [0.717, 1.165) is 11.3 Å². The van der Waals surface area contributed by atoms with E-state index in [-0.39, 0.29) is 11.7 Å². The second kappa shape index (κ2) is 7.86. The lowest BCUT2D eigenvalue weighted by Crippen LogP contribution is -2.15. The van der Waals surface area contributed by atoms with Crippen LogP contribution >= 0.6 is 35.0 Å². The standard InChI is InChI=1S/C16H13Cl2N5OS/c1-10-4-2-5-11(8-10)23-16(20-21-22-23)25-9-14(24)19-13-7-3-6-12(17)15(13)18/h2-8H,9H2,1H3,(H,19,24). The largest absolute Gasteiger partial charge is 0.324 e. The van der Waals surface area contributed by atoms with Crippen LogP contribution in [0.3, 0.4) is 0 Å². The van der Waals surface area contributed by atoms with E-state index in [1.165, 1.54) is 11.8 Å². The summed E-state index contributed by atoms with van der Waals surface area (Å²) in [4.78, 5) is 12.2. The van der Waals surface area contributed by atoms with Crippen LogP contribution in [-0.4, -0.2) is 31.9 Å². The van der Waals surface area contributed by atoms with Crippen molar-refractivity contribution >= 4 is 46.6 Å². The molecule has 0 aliphatic rings. The summed E-state index contributed by atoms with van der Waals surface area (Å²) in [5.74, 6) is -0.0948. The van der Waals surface area contributed by atoms with Crippen molar-refractivity contribution in [3.8, 4) is 5.69 Å². The number of nitrogens with one attached hydrogen (secondary N) is 1. The molecule has 0 saturated carbocycles. The predicted octanol–water partition coefficient (Wildman–Crippen LogP) is 4.01. The molecule has 128 valence electrons. The van der Waals surface area contributed by atoms with Crippen LogP contribution in [0.25, 0.3) is 5.69 Å². The van der Waals surface area contributed by atoms with Gasteiger partial charge >= 0.3 is 0 Å². The molecule has 0 bridgehead atoms. The van der Waals surface area contributed by atoms with Crippen LogP contribution in [0.1, 0.15) is 5.56 Å². The van der Waals surface area contributed by atoms with Gasteiger partial charge in [-0.25, -0.2) is 0 Å². The Morgan fingerprint density at radius 1 is 1.24 bits per heavy atom. The number of benzene rings is 2. The highest BCUT2D eigenvalue weighted by molar-refractivity contribution is 7.99. The van der Waals surface area contributed by atoms with Gasteiger partial charge in [-0.2, -0.15) is 4.68 Å². The SMILES string of the molecule is Cc1cccc(-n2nnnc2SCC(=O)Nc2cccc(Cl)c2Cl)c1. The van der Waals surface area contributed by atoms with Gasteiger partial charge in [0.25, 0.3) is 0 Å². The van der Waals surface area contributed by atoms with Gasteiger partial charge in [0, 0.05) is 0 Å². The first-order chi connectivity index (χ1) is 12.0. The van der Waals surface area contributed by atoms with Crippen LogP contribution in [0.2, 0.25) is 10.0 Å². The van der Waals surface area contributed by atoms with Crippen molar-refractivity contribution in [1.29, 1.82) is 0 Å². The summed E-state index contributed by atoms with van der Waals surface area (Å²) in [6.45, 7) is 1.99. The molecule has 0 spiro atoms. The van der Waals surface area contributed by atoms with Crippen molar-refractivity contribution < 1.29 is 4.79 Å². The monoisotopic (exact) mass is 393 g/mol. The molecular weight excluding hydrogens is 381 g/mol. The van der Waals surface area contributed by atoms with Crippen LogP contribution in [0, 0.1) is 6.92 Å². The van der Waals surface area contributed by atoms with Crippen LogP contribution < -0.4 is 5.32 Å². The first kappa shape index (κ1) is 17.7. The van der Waals surface area contributed by atoms with Crippen LogP contribution in [0.15, 0.2) is 47.6 Å². The minimum Gasteiger partial charge on any atom is -0.324 e. The number of amides is 1. The Morgan fingerprint density at radius 3 is 2.84 bits per heavy atom. The van der Waals surface area contributed by atoms with E-state index in [1.54, 1.807) is 22.9 Å². The fourth-order valence-corrected chi connectivity index (χ4v) is 3.15. The summed E-state index contributed by atoms with van der Waals surface area (Å²) >= 11 is 13.2. The van der Waals surface area contributed by atoms with E-state index < -0.39 is 0 Å². The molecule has 0 unspecified atom stereocenters. The Hall–Kier alpha value is -2.09. The molecule has 0 aliphatic heterocycles. The lowest BCUT2D eigenvalue weighted by molar-refractivity contribution is -0.113. The van der Waals surface area contributed by atoms with Gasteiger partial charge in [-0.15, -0.1) is 5.10 Å². The third kappa shape index (κ3) is 4.31. The first-order valence-electron chi connectivity index (χ1n) is 7.26. The summed E-state index contributed by atoms with van der Waals surface area (Å²) in [5, 5.41) is 15.6. The van der Waals surface area contributed by atoms with E-state index in [9.17, 15) is 4.79 Å². The Bertz CT molecular complexity index is 915. The molecule has 25 heavy (non-hydrogen) atoms. The van der Waals surface area contributed by atoms with Crippen LogP contribution in [-0.2, 0) is 4.79 Å². The Kier molecular flexibility index (Phi) is 5.57. The number of nitrogens with zero attached hydrogens (tertiary/aromatic N) is 4. The average Bonchev–Trinajstić information content (AvgIpc) is 3.06. The highest BCUT2D eigenvalue weighted by Crippen LogP contribution is 2.29. The number of hydrogen-bond donors (Lipinski definition) is 1. The summed E-state index contributed by atoms with van der Waals surface area (Å²) in [6, 6.07) is 12.8. The van der Waals surface area contributed by atoms with Gasteiger partial charge in [-0.3, -0.25) is 4.79 Å². The third-order valence-corrected chi connectivity index (χ3v) is 4.98. The van der Waals surface area contributed by atoms with Gasteiger partial charge in [0.15, 0.2) is 0 Å². The van der Waals surface area contributed by atoms with Gasteiger partial charge < -0.3 is 5.32 Å². The number of anilines is 1. The Morgan fingerprint density at radius 2 is 2.04 bits per heavy atom. The molecular formula is C16H13Cl2N5OS. The number of aryl methyl sites for hydroxylation is 1. The summed E-state index contributed by atoms with van der Waals surface area (Å²) in [5.41, 5.74) is 2.40. The minimum atomic E-state index is -0.229. The summed E-state index contributed by atoms with van der Waals surface area (Å²) in [7, 11) is 0. The molecule has 0 saturated heterocycles. The van der Waals surface area contributed by atoms with E-state index >= 15 is 0 Å². The van der Waals surface area contributed by atoms with Gasteiger partial charge in [0.1, 0.15) is 0 Å². The number of rotatable bonds is 5. The van der Waals surface area contributed by atoms with E-state index in [1.807, 2.05) is 31.2 Å². The van der Waals surface area contributed by atoms with Crippen molar-refractivity contribution in [2.45, 2.75) is 12.1 Å². The van der Waals surface area contributed by atoms with Crippen molar-refractivity contribution in [3.05, 3.63) is 58.1 Å². The minimum absolute atomic E-state index is 0.134. The molecule has 6 nitrogen and oxygen atoms in total. The maximum absolute atomic E-state index is 12.2. The van der Waals surface area contributed by atoms with Gasteiger partial charge in [-0.05, 0) is 47.2 Å². The van der Waals surface area contributed by atoms with Crippen LogP contribution in [0.5, 0.6) is 0 Å². The van der Waals surface area contributed by atoms with Crippen molar-refractivity contribution in [1.82, 2.24) is 20.2 Å². The van der Waals surface area contributed by atoms with Crippen molar-refractivity contribution in [3.63, 3.8) is 0 Å². The number of halogens is 2. The Labute approximate surface area is 158 Å². The molecule has 1 N–H and O–H groups in total. The highest BCUT2D eigenvalue weighted by Gasteiger charge is 2.13. The van der Waals surface area contributed by atoms with Crippen molar-refractivity contribution in [2.75, 3.05) is 11.1 Å². The number of hydrogen-bond acceptors (Lipinski definition) is 5. The zero-order valence-corrected chi connectivity index (χ0v) is 15.4. The molecule has 0 fully saturated rings. The molecule has 2 aromatic carbocycles. The second-order valence-corrected chi connectivity index (χ2v) is 6.88. The molecule has 0 aliphatic carbocycles. The first-order valence-corrected chi connectivity index (χ1v) is 9.01. The lowest BCUT2D eigenvalue weighted by Gasteiger charge is -2.08. The fraction of sp³-hybridized carbons (Fsp3) is 0.125. The summed E-state index contributed by atoms with van der Waals surface area (Å²) < 4.78 is 1.59. The summed E-state index contributed by atoms with van der Waals surface area (Å²) in [6.07, 6.45) is 0. The number of aromatic nitrogens is 4. The lowest BCUT2D eigenvalue weighted by atomic mass is 10.2. The predicted molar refractivity (Wildman–Crippen MR) is 99.7 cm³/mol. The maximum Gasteiger partial charge on any atom is 0.234 e. The normalized spacial score (nSPS) is 10.7. The fourth-order valence-electron chi connectivity index (χ4n) is 2.11. The second-order valence-electron chi connectivity index (χ2n) is 5.15. The maximum atomic E-state index is 12.2. The molecule has 0 radical (unpaired) electrons.